The van der Waals surface area contributed by atoms with Gasteiger partial charge in [-0.05, 0) is 37.0 Å². The first-order valence-corrected chi connectivity index (χ1v) is 12.2. The molecule has 0 saturated heterocycles. The number of alkyl halides is 3. The molecule has 0 spiro atoms. The number of fused-ring (bicyclic) bond motifs is 2. The van der Waals surface area contributed by atoms with Gasteiger partial charge in [0.25, 0.3) is 5.56 Å². The smallest absolute Gasteiger partial charge is 0.435 e. The summed E-state index contributed by atoms with van der Waals surface area (Å²) in [6.07, 6.45) is -3.91. The molecule has 200 valence electrons. The molecular formula is C27H21F3N4O5. The lowest BCUT2D eigenvalue weighted by atomic mass is 9.97. The first-order valence-electron chi connectivity index (χ1n) is 12.2. The Bertz CT molecular complexity index is 1790. The molecule has 3 heterocycles. The van der Waals surface area contributed by atoms with Crippen molar-refractivity contribution in [3.63, 3.8) is 0 Å². The number of methoxy groups -OCH3 is 1. The molecule has 1 aliphatic carbocycles. The Morgan fingerprint density at radius 1 is 1.13 bits per heavy atom. The minimum atomic E-state index is -4.86. The van der Waals surface area contributed by atoms with Crippen LogP contribution in [0.4, 0.5) is 13.2 Å². The summed E-state index contributed by atoms with van der Waals surface area (Å²) in [5, 5.41) is 13.3. The van der Waals surface area contributed by atoms with E-state index in [0.717, 1.165) is 0 Å². The Labute approximate surface area is 217 Å². The third-order valence-corrected chi connectivity index (χ3v) is 7.15. The average molecular weight is 538 g/mol. The van der Waals surface area contributed by atoms with Crippen LogP contribution in [0.5, 0.6) is 5.75 Å². The summed E-state index contributed by atoms with van der Waals surface area (Å²) in [5.74, 6) is -1.84. The van der Waals surface area contributed by atoms with E-state index in [9.17, 15) is 27.9 Å². The zero-order valence-corrected chi connectivity index (χ0v) is 20.5. The largest absolute Gasteiger partial charge is 0.494 e. The zero-order valence-electron chi connectivity index (χ0n) is 20.5. The maximum Gasteiger partial charge on any atom is 0.435 e. The highest BCUT2D eigenvalue weighted by Crippen LogP contribution is 2.43. The van der Waals surface area contributed by atoms with Crippen LogP contribution in [-0.4, -0.2) is 37.8 Å². The zero-order chi connectivity index (χ0) is 27.5. The second kappa shape index (κ2) is 9.00. The van der Waals surface area contributed by atoms with Gasteiger partial charge < -0.3 is 19.2 Å². The lowest BCUT2D eigenvalue weighted by molar-refractivity contribution is -0.142. The van der Waals surface area contributed by atoms with Gasteiger partial charge in [-0.15, -0.1) is 0 Å². The minimum absolute atomic E-state index is 0.104. The van der Waals surface area contributed by atoms with Crippen LogP contribution >= 0.6 is 0 Å². The van der Waals surface area contributed by atoms with Crippen molar-refractivity contribution in [1.29, 1.82) is 0 Å². The third kappa shape index (κ3) is 4.03. The number of carbonyl (C=O) groups is 1. The van der Waals surface area contributed by atoms with Crippen LogP contribution in [-0.2, 0) is 11.0 Å². The molecule has 1 aliphatic rings. The lowest BCUT2D eigenvalue weighted by Crippen LogP contribution is -2.22. The molecule has 12 heteroatoms. The fourth-order valence-corrected chi connectivity index (χ4v) is 5.34. The van der Waals surface area contributed by atoms with Crippen LogP contribution in [0.2, 0.25) is 0 Å². The van der Waals surface area contributed by atoms with Crippen molar-refractivity contribution in [3.8, 4) is 28.3 Å². The Morgan fingerprint density at radius 3 is 2.56 bits per heavy atom. The second-order valence-electron chi connectivity index (χ2n) is 9.44. The van der Waals surface area contributed by atoms with E-state index in [1.54, 1.807) is 36.4 Å². The van der Waals surface area contributed by atoms with E-state index < -0.39 is 35.2 Å². The van der Waals surface area contributed by atoms with Crippen LogP contribution in [0.25, 0.3) is 39.3 Å². The molecule has 1 fully saturated rings. The monoisotopic (exact) mass is 538 g/mol. The van der Waals surface area contributed by atoms with Crippen molar-refractivity contribution in [3.05, 3.63) is 70.3 Å². The van der Waals surface area contributed by atoms with Gasteiger partial charge in [0, 0.05) is 11.6 Å². The van der Waals surface area contributed by atoms with Crippen LogP contribution in [0.3, 0.4) is 0 Å². The number of H-pyrrole nitrogens is 1. The number of rotatable bonds is 5. The number of halogens is 3. The maximum atomic E-state index is 14.2. The van der Waals surface area contributed by atoms with Crippen molar-refractivity contribution < 1.29 is 32.2 Å². The lowest BCUT2D eigenvalue weighted by Gasteiger charge is -2.15. The molecule has 9 nitrogen and oxygen atoms in total. The highest BCUT2D eigenvalue weighted by atomic mass is 19.4. The van der Waals surface area contributed by atoms with E-state index in [1.165, 1.54) is 19.2 Å². The molecule has 2 aromatic carbocycles. The van der Waals surface area contributed by atoms with Gasteiger partial charge in [-0.2, -0.15) is 22.8 Å². The molecule has 3 aromatic heterocycles. The van der Waals surface area contributed by atoms with E-state index in [0.29, 0.717) is 34.2 Å². The number of aromatic nitrogens is 4. The molecule has 6 rings (SSSR count). The highest BCUT2D eigenvalue weighted by Gasteiger charge is 2.41. The Kier molecular flexibility index (Phi) is 5.70. The summed E-state index contributed by atoms with van der Waals surface area (Å²) in [6.45, 7) is 0. The number of carboxylic acid groups (broad SMARTS) is 1. The topological polar surface area (TPSA) is 123 Å². The van der Waals surface area contributed by atoms with E-state index in [4.69, 9.17) is 9.15 Å². The summed E-state index contributed by atoms with van der Waals surface area (Å²) < 4.78 is 54.5. The number of para-hydroxylation sites is 1. The maximum absolute atomic E-state index is 14.2. The third-order valence-electron chi connectivity index (χ3n) is 7.15. The van der Waals surface area contributed by atoms with Crippen LogP contribution in [0.1, 0.15) is 36.6 Å². The van der Waals surface area contributed by atoms with Gasteiger partial charge in [0.15, 0.2) is 16.8 Å². The van der Waals surface area contributed by atoms with E-state index in [-0.39, 0.29) is 40.3 Å². The molecule has 0 aliphatic heterocycles. The standard InChI is InChI=1S/C27H21F3N4O5/c1-38-16-8-5-9-17-21(16)32-24(39-17)19-20(14-10-11-15(12-14)26(36)37)31-23-18(13-6-3-2-4-7-13)22(27(28,29)30)33-34(23)25(19)35/h2-9,14-15,31H,10-12H2,1H3,(H,36,37). The number of benzene rings is 2. The van der Waals surface area contributed by atoms with Gasteiger partial charge >= 0.3 is 12.1 Å². The fraction of sp³-hybridized carbons (Fsp3) is 0.259. The minimum Gasteiger partial charge on any atom is -0.494 e. The van der Waals surface area contributed by atoms with Crippen molar-refractivity contribution in [2.24, 2.45) is 5.92 Å². The first-order chi connectivity index (χ1) is 18.7. The number of nitrogens with zero attached hydrogens (tertiary/aromatic N) is 3. The van der Waals surface area contributed by atoms with Crippen molar-refractivity contribution in [2.75, 3.05) is 7.11 Å². The van der Waals surface area contributed by atoms with Gasteiger partial charge in [-0.25, -0.2) is 4.98 Å². The van der Waals surface area contributed by atoms with Crippen LogP contribution in [0, 0.1) is 5.92 Å². The normalized spacial score (nSPS) is 17.7. The predicted octanol–water partition coefficient (Wildman–Crippen LogP) is 5.49. The number of ether oxygens (including phenoxy) is 1. The molecule has 39 heavy (non-hydrogen) atoms. The summed E-state index contributed by atoms with van der Waals surface area (Å²) in [7, 11) is 1.45. The van der Waals surface area contributed by atoms with Gasteiger partial charge in [-0.3, -0.25) is 9.59 Å². The van der Waals surface area contributed by atoms with Crippen molar-refractivity contribution >= 4 is 22.7 Å². The highest BCUT2D eigenvalue weighted by molar-refractivity contribution is 5.84. The van der Waals surface area contributed by atoms with Gasteiger partial charge in [0.2, 0.25) is 5.89 Å². The van der Waals surface area contributed by atoms with Gasteiger partial charge in [0.1, 0.15) is 17.0 Å². The molecule has 0 bridgehead atoms. The van der Waals surface area contributed by atoms with E-state index in [2.05, 4.69) is 15.1 Å². The summed E-state index contributed by atoms with van der Waals surface area (Å²) >= 11 is 0. The second-order valence-corrected chi connectivity index (χ2v) is 9.44. The van der Waals surface area contributed by atoms with E-state index >= 15 is 0 Å². The van der Waals surface area contributed by atoms with Crippen LogP contribution in [0.15, 0.2) is 57.7 Å². The van der Waals surface area contributed by atoms with Gasteiger partial charge in [-0.1, -0.05) is 36.4 Å². The van der Waals surface area contributed by atoms with Crippen molar-refractivity contribution in [2.45, 2.75) is 31.4 Å². The number of oxazole rings is 1. The molecule has 2 N–H and O–H groups in total. The van der Waals surface area contributed by atoms with E-state index in [1.807, 2.05) is 0 Å². The number of nitrogens with one attached hydrogen (secondary N) is 1. The molecule has 1 saturated carbocycles. The molecule has 2 atom stereocenters. The number of hydrogen-bond acceptors (Lipinski definition) is 6. The fourth-order valence-electron chi connectivity index (χ4n) is 5.34. The molecule has 0 radical (unpaired) electrons. The number of hydrogen-bond donors (Lipinski definition) is 2. The molecular weight excluding hydrogens is 517 g/mol. The predicted molar refractivity (Wildman–Crippen MR) is 134 cm³/mol. The number of aromatic amines is 1. The molecule has 0 amide bonds. The van der Waals surface area contributed by atoms with Crippen LogP contribution < -0.4 is 10.3 Å². The number of carboxylic acids is 1. The van der Waals surface area contributed by atoms with Crippen molar-refractivity contribution in [1.82, 2.24) is 19.6 Å². The quantitative estimate of drug-likeness (QED) is 0.303. The summed E-state index contributed by atoms with van der Waals surface area (Å²) in [4.78, 5) is 33.1. The number of aliphatic carboxylic acids is 1. The average Bonchev–Trinajstić information content (AvgIpc) is 3.65. The Hall–Kier alpha value is -4.61. The summed E-state index contributed by atoms with van der Waals surface area (Å²) in [5.41, 5.74) is -1.50. The molecule has 5 aromatic rings. The first kappa shape index (κ1) is 24.7. The molecule has 2 unspecified atom stereocenters. The SMILES string of the molecule is COc1cccc2oc(-c3c(C4CCC(C(=O)O)C4)[nH]c4c(-c5ccccc5)c(C(F)(F)F)nn4c3=O)nc12. The Balaban J connectivity index is 1.68. The van der Waals surface area contributed by atoms with Gasteiger partial charge in [0.05, 0.1) is 18.6 Å². The summed E-state index contributed by atoms with van der Waals surface area (Å²) in [6, 6.07) is 12.8. The Morgan fingerprint density at radius 2 is 1.90 bits per heavy atom.